The fraction of sp³-hybridized carbons (Fsp3) is 0.361. The highest BCUT2D eigenvalue weighted by Gasteiger charge is 2.37. The predicted molar refractivity (Wildman–Crippen MR) is 188 cm³/mol. The molecule has 1 aliphatic carbocycles. The van der Waals surface area contributed by atoms with Crippen LogP contribution in [0, 0.1) is 6.92 Å². The Labute approximate surface area is 295 Å². The van der Waals surface area contributed by atoms with Crippen LogP contribution in [-0.2, 0) is 31.4 Å². The molecule has 11 nitrogen and oxygen atoms in total. The van der Waals surface area contributed by atoms with E-state index in [9.17, 15) is 22.8 Å². The molecule has 1 aliphatic heterocycles. The molecular weight excluding hydrogens is 687 g/mol. The van der Waals surface area contributed by atoms with Gasteiger partial charge in [-0.2, -0.15) is 13.2 Å². The van der Waals surface area contributed by atoms with Crippen molar-refractivity contribution in [1.82, 2.24) is 29.4 Å². The molecular formula is C36H35ClF3N7O4. The van der Waals surface area contributed by atoms with Crippen molar-refractivity contribution in [3.63, 3.8) is 0 Å². The van der Waals surface area contributed by atoms with Gasteiger partial charge >= 0.3 is 11.9 Å². The Hall–Kier alpha value is -4.79. The molecule has 15 heteroatoms. The zero-order valence-corrected chi connectivity index (χ0v) is 29.1. The smallest absolute Gasteiger partial charge is 0.451 e. The zero-order valence-electron chi connectivity index (χ0n) is 28.3. The number of hydrogen-bond acceptors (Lipinski definition) is 9. The first-order valence-electron chi connectivity index (χ1n) is 16.5. The van der Waals surface area contributed by atoms with E-state index in [2.05, 4.69) is 26.7 Å². The number of rotatable bonds is 7. The molecule has 0 bridgehead atoms. The van der Waals surface area contributed by atoms with Crippen LogP contribution in [0.5, 0.6) is 5.88 Å². The van der Waals surface area contributed by atoms with Crippen LogP contribution < -0.4 is 26.6 Å². The second kappa shape index (κ2) is 13.4. The third kappa shape index (κ3) is 6.25. The molecule has 0 spiro atoms. The molecule has 1 fully saturated rings. The van der Waals surface area contributed by atoms with Gasteiger partial charge in [0, 0.05) is 61.8 Å². The third-order valence-corrected chi connectivity index (χ3v) is 10.1. The molecule has 5 aromatic rings. The van der Waals surface area contributed by atoms with Crippen molar-refractivity contribution in [2.75, 3.05) is 25.6 Å². The Bertz CT molecular complexity index is 2300. The summed E-state index contributed by atoms with van der Waals surface area (Å²) in [4.78, 5) is 37.9. The van der Waals surface area contributed by atoms with Crippen LogP contribution in [0.15, 0.2) is 52.1 Å². The standard InChI is InChI=1S/C36H35ClF3N7O4/c1-18-21(7-6-10-24(18)42-30-28-31(45-34(44-30)36(38,39)40)46(2)35(49)47(3)33(28)48)22-8-5-9-23(29(22)37)26-17-19-11-12-25(27(19)32(43-26)50-4)41-20-13-15-51-16-14-20/h5-10,17,20,25,41H,11-16H2,1-4H3,(H,42,44,45)/t25-/m0/s1. The highest BCUT2D eigenvalue weighted by Crippen LogP contribution is 2.43. The van der Waals surface area contributed by atoms with E-state index in [0.717, 1.165) is 59.2 Å². The molecule has 1 atom stereocenters. The van der Waals surface area contributed by atoms with Crippen LogP contribution in [-0.4, -0.2) is 50.5 Å². The molecule has 0 saturated carbocycles. The van der Waals surface area contributed by atoms with Crippen molar-refractivity contribution in [1.29, 1.82) is 0 Å². The maximum Gasteiger partial charge on any atom is 0.451 e. The number of nitrogens with one attached hydrogen (secondary N) is 2. The summed E-state index contributed by atoms with van der Waals surface area (Å²) in [7, 11) is 4.10. The van der Waals surface area contributed by atoms with Crippen LogP contribution in [0.4, 0.5) is 24.7 Å². The van der Waals surface area contributed by atoms with Gasteiger partial charge in [-0.05, 0) is 61.4 Å². The predicted octanol–water partition coefficient (Wildman–Crippen LogP) is 6.24. The number of ether oxygens (including phenoxy) is 2. The van der Waals surface area contributed by atoms with E-state index in [0.29, 0.717) is 50.6 Å². The van der Waals surface area contributed by atoms with Crippen LogP contribution >= 0.6 is 11.6 Å². The Balaban J connectivity index is 1.27. The van der Waals surface area contributed by atoms with E-state index in [1.54, 1.807) is 26.2 Å². The van der Waals surface area contributed by atoms with E-state index >= 15 is 0 Å². The first-order chi connectivity index (χ1) is 24.4. The van der Waals surface area contributed by atoms with E-state index in [4.69, 9.17) is 26.1 Å². The van der Waals surface area contributed by atoms with Crippen molar-refractivity contribution in [3.8, 4) is 28.3 Å². The summed E-state index contributed by atoms with van der Waals surface area (Å²) in [6.07, 6.45) is -1.24. The lowest BCUT2D eigenvalue weighted by Crippen LogP contribution is -2.38. The van der Waals surface area contributed by atoms with E-state index in [1.807, 2.05) is 24.3 Å². The van der Waals surface area contributed by atoms with Gasteiger partial charge in [0.2, 0.25) is 11.7 Å². The molecule has 2 aromatic carbocycles. The zero-order chi connectivity index (χ0) is 36.2. The maximum atomic E-state index is 13.9. The average Bonchev–Trinajstić information content (AvgIpc) is 3.52. The topological polar surface area (TPSA) is 125 Å². The second-order valence-corrected chi connectivity index (χ2v) is 13.2. The normalized spacial score (nSPS) is 16.4. The number of pyridine rings is 1. The van der Waals surface area contributed by atoms with Crippen LogP contribution in [0.25, 0.3) is 33.4 Å². The molecule has 51 heavy (non-hydrogen) atoms. The Morgan fingerprint density at radius 1 is 0.961 bits per heavy atom. The monoisotopic (exact) mass is 721 g/mol. The number of anilines is 2. The highest BCUT2D eigenvalue weighted by molar-refractivity contribution is 6.36. The van der Waals surface area contributed by atoms with E-state index in [1.165, 1.54) is 14.1 Å². The van der Waals surface area contributed by atoms with Gasteiger partial charge in [-0.1, -0.05) is 41.9 Å². The molecule has 4 heterocycles. The molecule has 2 N–H and O–H groups in total. The van der Waals surface area contributed by atoms with Gasteiger partial charge in [-0.15, -0.1) is 0 Å². The SMILES string of the molecule is COc1nc(-c2cccc(-c3cccc(Nc4nc(C(F)(F)F)nc5c4c(=O)n(C)c(=O)n5C)c3C)c2Cl)cc2c1[C@@H](NC1CCOCC1)CC2. The van der Waals surface area contributed by atoms with Crippen molar-refractivity contribution in [2.24, 2.45) is 14.1 Å². The number of benzene rings is 2. The Kier molecular flexibility index (Phi) is 9.10. The maximum absolute atomic E-state index is 13.9. The lowest BCUT2D eigenvalue weighted by atomic mass is 9.96. The first kappa shape index (κ1) is 34.6. The quantitative estimate of drug-likeness (QED) is 0.201. The number of alkyl halides is 3. The molecule has 0 unspecified atom stereocenters. The fourth-order valence-corrected chi connectivity index (χ4v) is 7.34. The summed E-state index contributed by atoms with van der Waals surface area (Å²) >= 11 is 7.14. The Morgan fingerprint density at radius 3 is 2.39 bits per heavy atom. The van der Waals surface area contributed by atoms with Gasteiger partial charge in [0.05, 0.1) is 17.8 Å². The Morgan fingerprint density at radius 2 is 1.67 bits per heavy atom. The van der Waals surface area contributed by atoms with Gasteiger partial charge in [-0.3, -0.25) is 13.9 Å². The summed E-state index contributed by atoms with van der Waals surface area (Å²) in [5.41, 5.74) is 3.81. The largest absolute Gasteiger partial charge is 0.481 e. The van der Waals surface area contributed by atoms with E-state index < -0.39 is 28.9 Å². The first-order valence-corrected chi connectivity index (χ1v) is 16.9. The molecule has 3 aromatic heterocycles. The van der Waals surface area contributed by atoms with Gasteiger partial charge in [-0.25, -0.2) is 19.7 Å². The average molecular weight is 722 g/mol. The van der Waals surface area contributed by atoms with Crippen molar-refractivity contribution in [3.05, 3.63) is 90.8 Å². The summed E-state index contributed by atoms with van der Waals surface area (Å²) < 4.78 is 54.8. The van der Waals surface area contributed by atoms with Gasteiger partial charge in [0.15, 0.2) is 5.65 Å². The van der Waals surface area contributed by atoms with Crippen molar-refractivity contribution < 1.29 is 22.6 Å². The van der Waals surface area contributed by atoms with Crippen LogP contribution in [0.3, 0.4) is 0 Å². The summed E-state index contributed by atoms with van der Waals surface area (Å²) in [5, 5.41) is 6.87. The summed E-state index contributed by atoms with van der Waals surface area (Å²) in [6.45, 7) is 3.28. The molecule has 1 saturated heterocycles. The number of methoxy groups -OCH3 is 1. The number of nitrogens with zero attached hydrogens (tertiary/aromatic N) is 5. The van der Waals surface area contributed by atoms with Gasteiger partial charge < -0.3 is 20.1 Å². The number of halogens is 4. The molecule has 2 aliphatic rings. The lowest BCUT2D eigenvalue weighted by molar-refractivity contribution is -0.144. The molecule has 0 radical (unpaired) electrons. The highest BCUT2D eigenvalue weighted by atomic mass is 35.5. The molecule has 266 valence electrons. The number of aryl methyl sites for hydroxylation is 2. The minimum Gasteiger partial charge on any atom is -0.481 e. The fourth-order valence-electron chi connectivity index (χ4n) is 7.02. The van der Waals surface area contributed by atoms with Crippen LogP contribution in [0.1, 0.15) is 47.8 Å². The number of fused-ring (bicyclic) bond motifs is 2. The van der Waals surface area contributed by atoms with Crippen molar-refractivity contribution in [2.45, 2.75) is 50.9 Å². The molecule has 0 amide bonds. The number of aromatic nitrogens is 5. The number of hydrogen-bond donors (Lipinski definition) is 2. The van der Waals surface area contributed by atoms with Crippen molar-refractivity contribution >= 4 is 34.1 Å². The third-order valence-electron chi connectivity index (χ3n) is 9.72. The molecule has 7 rings (SSSR count). The minimum atomic E-state index is -4.94. The summed E-state index contributed by atoms with van der Waals surface area (Å²) in [5.74, 6) is -1.33. The lowest BCUT2D eigenvalue weighted by Gasteiger charge is -2.27. The summed E-state index contributed by atoms with van der Waals surface area (Å²) in [6, 6.07) is 13.4. The second-order valence-electron chi connectivity index (χ2n) is 12.8. The van der Waals surface area contributed by atoms with Gasteiger partial charge in [0.1, 0.15) is 11.2 Å². The van der Waals surface area contributed by atoms with Crippen LogP contribution in [0.2, 0.25) is 5.02 Å². The van der Waals surface area contributed by atoms with E-state index in [-0.39, 0.29) is 17.2 Å². The van der Waals surface area contributed by atoms with Gasteiger partial charge in [0.25, 0.3) is 5.56 Å². The minimum absolute atomic E-state index is 0.128.